The lowest BCUT2D eigenvalue weighted by atomic mass is 9.84. The minimum Gasteiger partial charge on any atom is -0.449 e. The number of fused-ring (bicyclic) bond motifs is 1. The molecule has 2 aliphatic rings. The molecule has 0 radical (unpaired) electrons. The summed E-state index contributed by atoms with van der Waals surface area (Å²) in [6, 6.07) is 7.08. The quantitative estimate of drug-likeness (QED) is 0.876. The summed E-state index contributed by atoms with van der Waals surface area (Å²) in [5.74, 6) is -0.0860. The number of carbonyl (C=O) groups is 2. The molecular weight excluding hydrogens is 328 g/mol. The zero-order valence-corrected chi connectivity index (χ0v) is 14.5. The van der Waals surface area contributed by atoms with Gasteiger partial charge in [0, 0.05) is 16.5 Å². The van der Waals surface area contributed by atoms with Crippen molar-refractivity contribution in [3.63, 3.8) is 0 Å². The van der Waals surface area contributed by atoms with E-state index in [0.717, 1.165) is 6.42 Å². The molecule has 130 valence electrons. The first-order valence-corrected chi connectivity index (χ1v) is 9.09. The topological polar surface area (TPSA) is 59.8 Å². The van der Waals surface area contributed by atoms with Crippen LogP contribution >= 0.6 is 11.6 Å². The molecule has 2 fully saturated rings. The van der Waals surface area contributed by atoms with Gasteiger partial charge in [0.1, 0.15) is 6.61 Å². The molecule has 0 aromatic heterocycles. The Labute approximate surface area is 147 Å². The molecular formula is C18H24ClN2O3+. The van der Waals surface area contributed by atoms with Gasteiger partial charge in [0.25, 0.3) is 5.91 Å². The molecule has 0 bridgehead atoms. The third-order valence-corrected chi connectivity index (χ3v) is 5.40. The Balaban J connectivity index is 1.49. The van der Waals surface area contributed by atoms with Gasteiger partial charge in [-0.05, 0) is 50.3 Å². The molecule has 2 aliphatic heterocycles. The van der Waals surface area contributed by atoms with Gasteiger partial charge in [-0.2, -0.15) is 0 Å². The fourth-order valence-electron chi connectivity index (χ4n) is 3.99. The van der Waals surface area contributed by atoms with Crippen LogP contribution in [0, 0.1) is 5.92 Å². The highest BCUT2D eigenvalue weighted by Gasteiger charge is 2.37. The number of ether oxygens (including phenoxy) is 1. The van der Waals surface area contributed by atoms with Crippen LogP contribution in [-0.2, 0) is 4.74 Å². The van der Waals surface area contributed by atoms with E-state index in [0.29, 0.717) is 29.2 Å². The van der Waals surface area contributed by atoms with Crippen LogP contribution in [0.4, 0.5) is 4.79 Å². The monoisotopic (exact) mass is 351 g/mol. The Kier molecular flexibility index (Phi) is 5.74. The highest BCUT2D eigenvalue weighted by atomic mass is 35.5. The summed E-state index contributed by atoms with van der Waals surface area (Å²) in [4.78, 5) is 25.6. The van der Waals surface area contributed by atoms with Gasteiger partial charge in [0.2, 0.25) is 0 Å². The van der Waals surface area contributed by atoms with Gasteiger partial charge in [-0.15, -0.1) is 0 Å². The zero-order chi connectivity index (χ0) is 16.9. The number of hydrogen-bond acceptors (Lipinski definition) is 3. The second kappa shape index (κ2) is 7.99. The Morgan fingerprint density at radius 1 is 1.21 bits per heavy atom. The van der Waals surface area contributed by atoms with E-state index >= 15 is 0 Å². The molecule has 2 amide bonds. The van der Waals surface area contributed by atoms with Gasteiger partial charge < -0.3 is 9.64 Å². The van der Waals surface area contributed by atoms with E-state index < -0.39 is 12.0 Å². The van der Waals surface area contributed by atoms with Crippen molar-refractivity contribution in [3.8, 4) is 0 Å². The lowest BCUT2D eigenvalue weighted by Crippen LogP contribution is -3.18. The Hall–Kier alpha value is -1.59. The van der Waals surface area contributed by atoms with E-state index in [1.165, 1.54) is 44.8 Å². The van der Waals surface area contributed by atoms with Crippen LogP contribution in [0.15, 0.2) is 24.3 Å². The van der Waals surface area contributed by atoms with Crippen LogP contribution in [0.25, 0.3) is 0 Å². The number of benzene rings is 1. The Morgan fingerprint density at radius 2 is 2.04 bits per heavy atom. The van der Waals surface area contributed by atoms with Gasteiger partial charge in [-0.3, -0.25) is 10.1 Å². The summed E-state index contributed by atoms with van der Waals surface area (Å²) in [6.07, 6.45) is 5.39. The maximum absolute atomic E-state index is 12.0. The van der Waals surface area contributed by atoms with Gasteiger partial charge in [0.15, 0.2) is 0 Å². The molecule has 3 rings (SSSR count). The Morgan fingerprint density at radius 3 is 2.88 bits per heavy atom. The maximum Gasteiger partial charge on any atom is 0.414 e. The van der Waals surface area contributed by atoms with E-state index in [2.05, 4.69) is 5.32 Å². The van der Waals surface area contributed by atoms with Crippen molar-refractivity contribution in [2.24, 2.45) is 5.92 Å². The number of carbonyl (C=O) groups excluding carboxylic acids is 2. The fourth-order valence-corrected chi connectivity index (χ4v) is 4.18. The van der Waals surface area contributed by atoms with Crippen molar-refractivity contribution in [1.82, 2.24) is 5.32 Å². The van der Waals surface area contributed by atoms with Crippen LogP contribution in [0.3, 0.4) is 0 Å². The predicted molar refractivity (Wildman–Crippen MR) is 91.3 cm³/mol. The second-order valence-corrected chi connectivity index (χ2v) is 7.16. The van der Waals surface area contributed by atoms with Gasteiger partial charge in [-0.25, -0.2) is 4.79 Å². The van der Waals surface area contributed by atoms with Crippen LogP contribution in [0.5, 0.6) is 0 Å². The van der Waals surface area contributed by atoms with Crippen molar-refractivity contribution in [2.75, 3.05) is 19.7 Å². The van der Waals surface area contributed by atoms with E-state index in [4.69, 9.17) is 16.3 Å². The number of imide groups is 1. The first-order valence-electron chi connectivity index (χ1n) is 8.72. The zero-order valence-electron chi connectivity index (χ0n) is 13.7. The van der Waals surface area contributed by atoms with E-state index in [1.54, 1.807) is 23.1 Å². The Bertz CT molecular complexity index is 606. The minimum absolute atomic E-state index is 0.347. The smallest absolute Gasteiger partial charge is 0.414 e. The summed E-state index contributed by atoms with van der Waals surface area (Å²) >= 11 is 5.85. The van der Waals surface area contributed by atoms with Crippen LogP contribution in [0.2, 0.25) is 5.02 Å². The molecule has 0 saturated carbocycles. The lowest BCUT2D eigenvalue weighted by molar-refractivity contribution is -0.940. The van der Waals surface area contributed by atoms with Crippen molar-refractivity contribution in [3.05, 3.63) is 34.9 Å². The number of alkyl carbamates (subject to hydrolysis) is 1. The lowest BCUT2D eigenvalue weighted by Gasteiger charge is -2.40. The highest BCUT2D eigenvalue weighted by molar-refractivity contribution is 6.31. The molecule has 2 saturated heterocycles. The van der Waals surface area contributed by atoms with E-state index in [-0.39, 0.29) is 0 Å². The van der Waals surface area contributed by atoms with Gasteiger partial charge in [-0.1, -0.05) is 17.7 Å². The highest BCUT2D eigenvalue weighted by Crippen LogP contribution is 2.20. The molecule has 1 aromatic rings. The van der Waals surface area contributed by atoms with Crippen molar-refractivity contribution in [1.29, 1.82) is 0 Å². The summed E-state index contributed by atoms with van der Waals surface area (Å²) in [6.45, 7) is 2.87. The predicted octanol–water partition coefficient (Wildman–Crippen LogP) is 2.05. The summed E-state index contributed by atoms with van der Waals surface area (Å²) in [5, 5.41) is 2.73. The normalized spacial score (nSPS) is 26.3. The molecule has 5 nitrogen and oxygen atoms in total. The van der Waals surface area contributed by atoms with Crippen LogP contribution in [0.1, 0.15) is 42.5 Å². The third-order valence-electron chi connectivity index (χ3n) is 5.16. The fraction of sp³-hybridized carbons (Fsp3) is 0.556. The van der Waals surface area contributed by atoms with Crippen LogP contribution in [-0.4, -0.2) is 37.7 Å². The van der Waals surface area contributed by atoms with Gasteiger partial charge in [0.05, 0.1) is 19.1 Å². The molecule has 1 aromatic carbocycles. The summed E-state index contributed by atoms with van der Waals surface area (Å²) in [7, 11) is 0. The van der Waals surface area contributed by atoms with E-state index in [9.17, 15) is 9.59 Å². The number of rotatable bonds is 3. The SMILES string of the molecule is O=C(NC(=O)c1cccc(Cl)c1)OCC1CCC[NH+]2CCCCC12. The number of nitrogens with one attached hydrogen (secondary N) is 2. The summed E-state index contributed by atoms with van der Waals surface area (Å²) < 4.78 is 5.34. The largest absolute Gasteiger partial charge is 0.449 e. The minimum atomic E-state index is -0.678. The molecule has 0 spiro atoms. The average molecular weight is 352 g/mol. The average Bonchev–Trinajstić information content (AvgIpc) is 2.60. The molecule has 3 unspecified atom stereocenters. The van der Waals surface area contributed by atoms with Crippen molar-refractivity contribution in [2.45, 2.75) is 38.1 Å². The molecule has 2 N–H and O–H groups in total. The number of halogens is 1. The third kappa shape index (κ3) is 4.28. The summed E-state index contributed by atoms with van der Waals surface area (Å²) in [5.41, 5.74) is 0.347. The van der Waals surface area contributed by atoms with E-state index in [1.807, 2.05) is 0 Å². The second-order valence-electron chi connectivity index (χ2n) is 6.73. The molecule has 0 aliphatic carbocycles. The first kappa shape index (κ1) is 17.2. The number of hydrogen-bond donors (Lipinski definition) is 2. The van der Waals surface area contributed by atoms with Gasteiger partial charge >= 0.3 is 6.09 Å². The van der Waals surface area contributed by atoms with Crippen molar-refractivity contribution >= 4 is 23.6 Å². The molecule has 24 heavy (non-hydrogen) atoms. The van der Waals surface area contributed by atoms with Crippen molar-refractivity contribution < 1.29 is 19.2 Å². The maximum atomic E-state index is 12.0. The first-order chi connectivity index (χ1) is 11.6. The number of amides is 2. The number of quaternary nitrogens is 1. The number of piperidine rings is 2. The molecule has 3 atom stereocenters. The molecule has 6 heteroatoms. The molecule has 2 heterocycles. The van der Waals surface area contributed by atoms with Crippen LogP contribution < -0.4 is 10.2 Å². The standard InChI is InChI=1S/C18H23ClN2O3/c19-15-7-3-5-13(11-15)17(22)20-18(23)24-12-14-6-4-10-21-9-2-1-8-16(14)21/h3,5,7,11,14,16H,1-2,4,6,8-10,12H2,(H,20,22,23)/p+1.